The summed E-state index contributed by atoms with van der Waals surface area (Å²) in [5.74, 6) is 0. The first kappa shape index (κ1) is 17.3. The van der Waals surface area contributed by atoms with Gasteiger partial charge in [0.15, 0.2) is 4.77 Å². The van der Waals surface area contributed by atoms with Gasteiger partial charge in [-0.1, -0.05) is 29.8 Å². The fourth-order valence-corrected chi connectivity index (χ4v) is 3.51. The molecule has 0 saturated carbocycles. The van der Waals surface area contributed by atoms with Crippen LogP contribution in [0.25, 0.3) is 0 Å². The molecule has 0 N–H and O–H groups in total. The molecule has 0 aliphatic carbocycles. The highest BCUT2D eigenvalue weighted by atomic mass is 32.1. The second-order valence-electron chi connectivity index (χ2n) is 6.94. The van der Waals surface area contributed by atoms with Crippen LogP contribution >= 0.6 is 12.2 Å². The van der Waals surface area contributed by atoms with Gasteiger partial charge in [0.05, 0.1) is 6.67 Å². The number of piperazine rings is 1. The molecule has 0 spiro atoms. The van der Waals surface area contributed by atoms with E-state index in [2.05, 4.69) is 59.9 Å². The quantitative estimate of drug-likeness (QED) is 0.779. The second kappa shape index (κ2) is 7.59. The van der Waals surface area contributed by atoms with E-state index in [9.17, 15) is 0 Å². The van der Waals surface area contributed by atoms with Crippen molar-refractivity contribution in [2.75, 3.05) is 26.2 Å². The minimum absolute atomic E-state index is 0.359. The number of aryl methyl sites for hydroxylation is 1. The highest BCUT2D eigenvalue weighted by molar-refractivity contribution is 7.71. The van der Waals surface area contributed by atoms with Crippen LogP contribution in [0, 0.1) is 11.7 Å². The summed E-state index contributed by atoms with van der Waals surface area (Å²) in [7, 11) is 0. The Labute approximate surface area is 149 Å². The van der Waals surface area contributed by atoms with Crippen molar-refractivity contribution in [1.82, 2.24) is 24.1 Å². The maximum atomic E-state index is 5.52. The van der Waals surface area contributed by atoms with Crippen LogP contribution < -0.4 is 0 Å². The molecule has 5 nitrogen and oxygen atoms in total. The summed E-state index contributed by atoms with van der Waals surface area (Å²) in [5, 5.41) is 4.45. The monoisotopic (exact) mass is 345 g/mol. The van der Waals surface area contributed by atoms with Gasteiger partial charge >= 0.3 is 0 Å². The Kier molecular flexibility index (Phi) is 5.48. The molecule has 1 fully saturated rings. The van der Waals surface area contributed by atoms with Crippen molar-refractivity contribution in [2.45, 2.75) is 40.0 Å². The maximum absolute atomic E-state index is 5.52. The molecule has 0 atom stereocenters. The molecule has 0 unspecified atom stereocenters. The van der Waals surface area contributed by atoms with Crippen LogP contribution in [0.3, 0.4) is 0 Å². The highest BCUT2D eigenvalue weighted by Crippen LogP contribution is 2.11. The smallest absolute Gasteiger partial charge is 0.199 e. The topological polar surface area (TPSA) is 29.2 Å². The molecule has 2 aromatic rings. The Morgan fingerprint density at radius 3 is 2.46 bits per heavy atom. The third kappa shape index (κ3) is 4.12. The number of aromatic nitrogens is 3. The van der Waals surface area contributed by atoms with Gasteiger partial charge in [-0.25, -0.2) is 4.68 Å². The third-order valence-electron chi connectivity index (χ3n) is 4.60. The molecule has 3 rings (SSSR count). The lowest BCUT2D eigenvalue weighted by Crippen LogP contribution is -2.46. The number of hydrogen-bond donors (Lipinski definition) is 0. The van der Waals surface area contributed by atoms with E-state index in [0.717, 1.165) is 44.2 Å². The van der Waals surface area contributed by atoms with Gasteiger partial charge in [0.25, 0.3) is 0 Å². The largest absolute Gasteiger partial charge is 0.304 e. The Morgan fingerprint density at radius 2 is 1.83 bits per heavy atom. The summed E-state index contributed by atoms with van der Waals surface area (Å²) in [6, 6.07) is 9.16. The zero-order valence-electron chi connectivity index (χ0n) is 14.9. The first-order chi connectivity index (χ1) is 11.5. The van der Waals surface area contributed by atoms with Gasteiger partial charge in [-0.05, 0) is 38.6 Å². The van der Waals surface area contributed by atoms with E-state index < -0.39 is 0 Å². The molecule has 6 heteroatoms. The van der Waals surface area contributed by atoms with Crippen molar-refractivity contribution >= 4 is 12.2 Å². The van der Waals surface area contributed by atoms with E-state index in [1.807, 2.05) is 15.6 Å². The molecule has 130 valence electrons. The zero-order valence-corrected chi connectivity index (χ0v) is 15.7. The number of benzene rings is 1. The molecule has 1 aromatic heterocycles. The van der Waals surface area contributed by atoms with Crippen LogP contribution in [0.1, 0.15) is 31.0 Å². The van der Waals surface area contributed by atoms with Gasteiger partial charge in [0.2, 0.25) is 0 Å². The van der Waals surface area contributed by atoms with Crippen LogP contribution in [0.15, 0.2) is 30.6 Å². The van der Waals surface area contributed by atoms with E-state index in [-0.39, 0.29) is 0 Å². The lowest BCUT2D eigenvalue weighted by Gasteiger charge is -2.34. The van der Waals surface area contributed by atoms with Gasteiger partial charge in [-0.15, -0.1) is 0 Å². The molecule has 1 aliphatic rings. The van der Waals surface area contributed by atoms with E-state index in [1.165, 1.54) is 11.1 Å². The Bertz CT molecular complexity index is 725. The SMILES string of the molecule is Cc1cccc(CN2CCN(Cn3ncn(C(C)C)c3=S)CC2)c1. The standard InChI is InChI=1S/C18H27N5S/c1-15(2)22-13-19-23(18(22)24)14-21-9-7-20(8-10-21)12-17-6-4-5-16(3)11-17/h4-6,11,13,15H,7-10,12,14H2,1-3H3. The average molecular weight is 346 g/mol. The molecule has 1 aromatic carbocycles. The minimum Gasteiger partial charge on any atom is -0.304 e. The zero-order chi connectivity index (χ0) is 17.1. The highest BCUT2D eigenvalue weighted by Gasteiger charge is 2.18. The molecule has 2 heterocycles. The summed E-state index contributed by atoms with van der Waals surface area (Å²) in [6.07, 6.45) is 1.85. The first-order valence-corrected chi connectivity index (χ1v) is 9.08. The van der Waals surface area contributed by atoms with Crippen molar-refractivity contribution in [1.29, 1.82) is 0 Å². The molecule has 0 bridgehead atoms. The molecule has 1 aliphatic heterocycles. The van der Waals surface area contributed by atoms with Crippen LogP contribution in [-0.2, 0) is 13.2 Å². The minimum atomic E-state index is 0.359. The number of nitrogens with zero attached hydrogens (tertiary/aromatic N) is 5. The van der Waals surface area contributed by atoms with Crippen molar-refractivity contribution in [3.63, 3.8) is 0 Å². The Hall–Kier alpha value is -1.50. The summed E-state index contributed by atoms with van der Waals surface area (Å²) >= 11 is 5.52. The second-order valence-corrected chi connectivity index (χ2v) is 7.30. The predicted molar refractivity (Wildman–Crippen MR) is 99.5 cm³/mol. The summed E-state index contributed by atoms with van der Waals surface area (Å²) in [5.41, 5.74) is 2.74. The van der Waals surface area contributed by atoms with Crippen LogP contribution in [0.2, 0.25) is 0 Å². The fraction of sp³-hybridized carbons (Fsp3) is 0.556. The van der Waals surface area contributed by atoms with Gasteiger partial charge in [-0.3, -0.25) is 9.80 Å². The van der Waals surface area contributed by atoms with Gasteiger partial charge < -0.3 is 4.57 Å². The van der Waals surface area contributed by atoms with Crippen LogP contribution in [-0.4, -0.2) is 50.3 Å². The van der Waals surface area contributed by atoms with Crippen molar-refractivity contribution in [3.05, 3.63) is 46.5 Å². The van der Waals surface area contributed by atoms with Crippen LogP contribution in [0.5, 0.6) is 0 Å². The van der Waals surface area contributed by atoms with E-state index >= 15 is 0 Å². The summed E-state index contributed by atoms with van der Waals surface area (Å²) in [6.45, 7) is 12.5. The molecule has 0 amide bonds. The third-order valence-corrected chi connectivity index (χ3v) is 5.02. The lowest BCUT2D eigenvalue weighted by molar-refractivity contribution is 0.0979. The Balaban J connectivity index is 1.53. The van der Waals surface area contributed by atoms with E-state index in [0.29, 0.717) is 6.04 Å². The molecule has 1 saturated heterocycles. The van der Waals surface area contributed by atoms with E-state index in [4.69, 9.17) is 12.2 Å². The normalized spacial score (nSPS) is 16.8. The maximum Gasteiger partial charge on any atom is 0.199 e. The predicted octanol–water partition coefficient (Wildman–Crippen LogP) is 3.08. The number of rotatable bonds is 5. The van der Waals surface area contributed by atoms with Crippen molar-refractivity contribution in [2.24, 2.45) is 0 Å². The summed E-state index contributed by atoms with van der Waals surface area (Å²) < 4.78 is 4.79. The van der Waals surface area contributed by atoms with Crippen molar-refractivity contribution < 1.29 is 0 Å². The average Bonchev–Trinajstić information content (AvgIpc) is 2.90. The van der Waals surface area contributed by atoms with Gasteiger partial charge in [0, 0.05) is 38.8 Å². The number of hydrogen-bond acceptors (Lipinski definition) is 4. The lowest BCUT2D eigenvalue weighted by atomic mass is 10.1. The molecular formula is C18H27N5S. The molecule has 24 heavy (non-hydrogen) atoms. The van der Waals surface area contributed by atoms with Gasteiger partial charge in [-0.2, -0.15) is 5.10 Å². The van der Waals surface area contributed by atoms with Gasteiger partial charge in [0.1, 0.15) is 6.33 Å². The van der Waals surface area contributed by atoms with E-state index in [1.54, 1.807) is 0 Å². The Morgan fingerprint density at radius 1 is 1.12 bits per heavy atom. The fourth-order valence-electron chi connectivity index (χ4n) is 3.15. The first-order valence-electron chi connectivity index (χ1n) is 8.67. The molecule has 0 radical (unpaired) electrons. The molecular weight excluding hydrogens is 318 g/mol. The summed E-state index contributed by atoms with van der Waals surface area (Å²) in [4.78, 5) is 4.96. The van der Waals surface area contributed by atoms with Crippen LogP contribution in [0.4, 0.5) is 0 Å². The van der Waals surface area contributed by atoms with Crippen molar-refractivity contribution in [3.8, 4) is 0 Å².